The lowest BCUT2D eigenvalue weighted by molar-refractivity contribution is -0.139. The van der Waals surface area contributed by atoms with Gasteiger partial charge in [0.25, 0.3) is 0 Å². The Balaban J connectivity index is 2.54. The van der Waals surface area contributed by atoms with E-state index in [2.05, 4.69) is 20.9 Å². The number of nitrogens with zero attached hydrogens (tertiary/aromatic N) is 1. The first-order valence-electron chi connectivity index (χ1n) is 5.45. The highest BCUT2D eigenvalue weighted by Crippen LogP contribution is 2.38. The maximum Gasteiger partial charge on any atom is 0.416 e. The van der Waals surface area contributed by atoms with Crippen molar-refractivity contribution in [2.45, 2.75) is 12.3 Å². The predicted molar refractivity (Wildman–Crippen MR) is 72.5 cm³/mol. The molecule has 1 aromatic carbocycles. The van der Waals surface area contributed by atoms with Gasteiger partial charge in [-0.3, -0.25) is 4.98 Å². The average molecular weight is 367 g/mol. The number of rotatable bonds is 2. The normalized spacial score (nSPS) is 13.3. The third-order valence-electron chi connectivity index (χ3n) is 2.70. The number of halogens is 5. The van der Waals surface area contributed by atoms with Gasteiger partial charge in [-0.25, -0.2) is 0 Å². The lowest BCUT2D eigenvalue weighted by atomic mass is 9.98. The summed E-state index contributed by atoms with van der Waals surface area (Å²) in [5.74, 6) is 0. The maximum atomic E-state index is 12.9. The van der Waals surface area contributed by atoms with E-state index >= 15 is 0 Å². The Bertz CT molecular complexity index is 633. The summed E-state index contributed by atoms with van der Waals surface area (Å²) in [6.07, 6.45) is -4.01. The number of hydrogen-bond acceptors (Lipinski definition) is 2. The van der Waals surface area contributed by atoms with Gasteiger partial charge in [0.15, 0.2) is 0 Å². The Kier molecular flexibility index (Phi) is 4.36. The van der Waals surface area contributed by atoms with Crippen molar-refractivity contribution in [3.8, 4) is 0 Å². The van der Waals surface area contributed by atoms with Crippen LogP contribution in [0.15, 0.2) is 41.1 Å². The molecule has 0 saturated heterocycles. The molecule has 2 nitrogen and oxygen atoms in total. The second-order valence-corrected chi connectivity index (χ2v) is 5.32. The maximum absolute atomic E-state index is 12.9. The molecule has 1 heterocycles. The van der Waals surface area contributed by atoms with E-state index in [1.807, 2.05) is 0 Å². The fourth-order valence-corrected chi connectivity index (χ4v) is 2.42. The lowest BCUT2D eigenvalue weighted by Crippen LogP contribution is -2.13. The molecule has 1 unspecified atom stereocenters. The van der Waals surface area contributed by atoms with Crippen LogP contribution < -0.4 is 0 Å². The van der Waals surface area contributed by atoms with E-state index in [0.717, 1.165) is 18.5 Å². The Labute approximate surface area is 126 Å². The molecular weight excluding hydrogens is 359 g/mol. The number of aliphatic hydroxyl groups is 1. The van der Waals surface area contributed by atoms with Crippen LogP contribution in [0.2, 0.25) is 5.02 Å². The van der Waals surface area contributed by atoms with Gasteiger partial charge in [0.2, 0.25) is 0 Å². The number of aromatic nitrogens is 1. The van der Waals surface area contributed by atoms with E-state index < -0.39 is 17.8 Å². The summed E-state index contributed by atoms with van der Waals surface area (Å²) >= 11 is 8.99. The van der Waals surface area contributed by atoms with Gasteiger partial charge in [0.1, 0.15) is 6.10 Å². The fourth-order valence-electron chi connectivity index (χ4n) is 1.77. The van der Waals surface area contributed by atoms with Crippen LogP contribution >= 0.6 is 27.5 Å². The molecule has 0 fully saturated rings. The molecule has 1 atom stereocenters. The summed E-state index contributed by atoms with van der Waals surface area (Å²) in [6.45, 7) is 0. The van der Waals surface area contributed by atoms with Crippen molar-refractivity contribution < 1.29 is 18.3 Å². The van der Waals surface area contributed by atoms with Crippen LogP contribution in [0.4, 0.5) is 13.2 Å². The van der Waals surface area contributed by atoms with Gasteiger partial charge in [-0.05, 0) is 24.3 Å². The van der Waals surface area contributed by atoms with E-state index in [9.17, 15) is 18.3 Å². The first-order chi connectivity index (χ1) is 9.30. The molecule has 0 aliphatic carbocycles. The van der Waals surface area contributed by atoms with Crippen LogP contribution in [-0.4, -0.2) is 10.1 Å². The summed E-state index contributed by atoms with van der Waals surface area (Å²) in [6, 6.07) is 5.36. The van der Waals surface area contributed by atoms with E-state index in [1.165, 1.54) is 6.07 Å². The topological polar surface area (TPSA) is 33.1 Å². The molecule has 0 saturated carbocycles. The Hall–Kier alpha value is -1.11. The highest BCUT2D eigenvalue weighted by Gasteiger charge is 2.35. The number of aliphatic hydroxyl groups excluding tert-OH is 1. The third-order valence-corrected chi connectivity index (χ3v) is 3.66. The third kappa shape index (κ3) is 3.13. The van der Waals surface area contributed by atoms with Crippen molar-refractivity contribution in [3.63, 3.8) is 0 Å². The summed E-state index contributed by atoms with van der Waals surface area (Å²) in [5, 5.41) is 10.5. The van der Waals surface area contributed by atoms with Gasteiger partial charge in [0.05, 0.1) is 5.56 Å². The smallest absolute Gasteiger partial charge is 0.384 e. The molecule has 1 N–H and O–H groups in total. The van der Waals surface area contributed by atoms with Crippen molar-refractivity contribution in [1.29, 1.82) is 0 Å². The molecule has 0 bridgehead atoms. The number of benzene rings is 1. The summed E-state index contributed by atoms with van der Waals surface area (Å²) in [4.78, 5) is 3.65. The van der Waals surface area contributed by atoms with Crippen molar-refractivity contribution in [1.82, 2.24) is 4.98 Å². The Morgan fingerprint density at radius 2 is 1.90 bits per heavy atom. The van der Waals surface area contributed by atoms with Gasteiger partial charge in [0, 0.05) is 33.0 Å². The molecule has 1 aromatic heterocycles. The molecule has 0 radical (unpaired) electrons. The quantitative estimate of drug-likeness (QED) is 0.843. The summed E-state index contributed by atoms with van der Waals surface area (Å²) in [5.41, 5.74) is -0.995. The van der Waals surface area contributed by atoms with E-state index in [0.29, 0.717) is 9.50 Å². The molecule has 2 aromatic rings. The van der Waals surface area contributed by atoms with Gasteiger partial charge < -0.3 is 5.11 Å². The fraction of sp³-hybridized carbons (Fsp3) is 0.154. The molecule has 2 rings (SSSR count). The zero-order valence-electron chi connectivity index (χ0n) is 9.83. The van der Waals surface area contributed by atoms with E-state index in [1.54, 1.807) is 12.1 Å². The number of alkyl halides is 3. The van der Waals surface area contributed by atoms with Gasteiger partial charge in [-0.1, -0.05) is 27.5 Å². The molecular formula is C13H8BrClF3NO. The van der Waals surface area contributed by atoms with Crippen LogP contribution in [0.25, 0.3) is 0 Å². The molecule has 0 aliphatic rings. The van der Waals surface area contributed by atoms with Crippen LogP contribution in [-0.2, 0) is 6.18 Å². The van der Waals surface area contributed by atoms with E-state index in [-0.39, 0.29) is 11.1 Å². The second-order valence-electron chi connectivity index (χ2n) is 4.03. The summed E-state index contributed by atoms with van der Waals surface area (Å²) in [7, 11) is 0. The highest BCUT2D eigenvalue weighted by atomic mass is 79.9. The zero-order chi connectivity index (χ0) is 14.9. The van der Waals surface area contributed by atoms with Crippen molar-refractivity contribution in [2.75, 3.05) is 0 Å². The minimum atomic E-state index is -4.57. The van der Waals surface area contributed by atoms with Gasteiger partial charge in [-0.15, -0.1) is 0 Å². The first-order valence-corrected chi connectivity index (χ1v) is 6.62. The van der Waals surface area contributed by atoms with Crippen molar-refractivity contribution in [3.05, 3.63) is 62.8 Å². The second kappa shape index (κ2) is 5.71. The average Bonchev–Trinajstić information content (AvgIpc) is 2.40. The monoisotopic (exact) mass is 365 g/mol. The van der Waals surface area contributed by atoms with Crippen molar-refractivity contribution in [2.24, 2.45) is 0 Å². The molecule has 20 heavy (non-hydrogen) atoms. The molecule has 106 valence electrons. The molecule has 0 spiro atoms. The zero-order valence-corrected chi connectivity index (χ0v) is 12.2. The van der Waals surface area contributed by atoms with Crippen molar-refractivity contribution >= 4 is 27.5 Å². The van der Waals surface area contributed by atoms with E-state index in [4.69, 9.17) is 11.6 Å². The molecule has 7 heteroatoms. The number of hydrogen-bond donors (Lipinski definition) is 1. The standard InChI is InChI=1S/C13H8BrClF3NO/c14-11-2-1-7(15)5-8(11)12(20)9-6-19-4-3-10(9)13(16,17)18/h1-6,12,20H. The highest BCUT2D eigenvalue weighted by molar-refractivity contribution is 9.10. The SMILES string of the molecule is OC(c1cc(Cl)ccc1Br)c1cnccc1C(F)(F)F. The van der Waals surface area contributed by atoms with Gasteiger partial charge >= 0.3 is 6.18 Å². The minimum absolute atomic E-state index is 0.246. The van der Waals surface area contributed by atoms with Crippen LogP contribution in [0, 0.1) is 0 Å². The largest absolute Gasteiger partial charge is 0.416 e. The predicted octanol–water partition coefficient (Wildman–Crippen LogP) is 4.60. The minimum Gasteiger partial charge on any atom is -0.384 e. The molecule has 0 aliphatic heterocycles. The lowest BCUT2D eigenvalue weighted by Gasteiger charge is -2.18. The van der Waals surface area contributed by atoms with Crippen LogP contribution in [0.1, 0.15) is 22.8 Å². The van der Waals surface area contributed by atoms with Gasteiger partial charge in [-0.2, -0.15) is 13.2 Å². The Morgan fingerprint density at radius 3 is 2.55 bits per heavy atom. The molecule has 0 amide bonds. The van der Waals surface area contributed by atoms with Crippen LogP contribution in [0.5, 0.6) is 0 Å². The summed E-state index contributed by atoms with van der Waals surface area (Å²) < 4.78 is 39.2. The van der Waals surface area contributed by atoms with Crippen LogP contribution in [0.3, 0.4) is 0 Å². The number of pyridine rings is 1. The first kappa shape index (κ1) is 15.3. The Morgan fingerprint density at radius 1 is 1.20 bits per heavy atom.